The maximum atomic E-state index is 13.8. The Kier molecular flexibility index (Phi) is 4.29. The number of ketones is 1. The molecule has 0 fully saturated rings. The van der Waals surface area contributed by atoms with E-state index in [1.54, 1.807) is 12.1 Å². The van der Waals surface area contributed by atoms with E-state index in [1.165, 1.54) is 31.2 Å². The van der Waals surface area contributed by atoms with Gasteiger partial charge in [0.25, 0.3) is 10.0 Å². The van der Waals surface area contributed by atoms with E-state index in [1.807, 2.05) is 0 Å². The summed E-state index contributed by atoms with van der Waals surface area (Å²) in [5.74, 6) is -1.34. The summed E-state index contributed by atoms with van der Waals surface area (Å²) in [7, 11) is -4.18. The van der Waals surface area contributed by atoms with E-state index >= 15 is 0 Å². The van der Waals surface area contributed by atoms with Crippen molar-refractivity contribution in [2.24, 2.45) is 0 Å². The van der Waals surface area contributed by atoms with Crippen molar-refractivity contribution in [3.8, 4) is 0 Å². The molecule has 0 atom stereocenters. The molecule has 0 aromatic heterocycles. The van der Waals surface area contributed by atoms with E-state index in [2.05, 4.69) is 4.72 Å². The molecule has 0 heterocycles. The third kappa shape index (κ3) is 3.22. The average Bonchev–Trinajstić information content (AvgIpc) is 2.41. The van der Waals surface area contributed by atoms with E-state index < -0.39 is 20.7 Å². The van der Waals surface area contributed by atoms with Crippen LogP contribution in [0.3, 0.4) is 0 Å². The van der Waals surface area contributed by atoms with Gasteiger partial charge in [-0.1, -0.05) is 29.8 Å². The molecule has 0 aliphatic heterocycles. The summed E-state index contributed by atoms with van der Waals surface area (Å²) in [5, 5.41) is -0.294. The van der Waals surface area contributed by atoms with Crippen LogP contribution in [0, 0.1) is 5.82 Å². The quantitative estimate of drug-likeness (QED) is 0.874. The highest BCUT2D eigenvalue weighted by molar-refractivity contribution is 7.92. The van der Waals surface area contributed by atoms with Crippen LogP contribution < -0.4 is 4.72 Å². The summed E-state index contributed by atoms with van der Waals surface area (Å²) < 4.78 is 40.5. The number of hydrogen-bond acceptors (Lipinski definition) is 3. The highest BCUT2D eigenvalue weighted by atomic mass is 35.5. The lowest BCUT2D eigenvalue weighted by Crippen LogP contribution is -2.16. The molecule has 7 heteroatoms. The standard InChI is InChI=1S/C14H11ClFNO3S/c1-9(18)10-5-2-3-7-12(10)17-21(19,20)13-8-4-6-11(15)14(13)16/h2-8,17H,1H3. The topological polar surface area (TPSA) is 63.2 Å². The normalized spacial score (nSPS) is 11.2. The number of carbonyl (C=O) groups excluding carboxylic acids is 1. The van der Waals surface area contributed by atoms with Crippen molar-refractivity contribution in [3.63, 3.8) is 0 Å². The first-order chi connectivity index (χ1) is 9.83. The van der Waals surface area contributed by atoms with E-state index in [9.17, 15) is 17.6 Å². The first-order valence-electron chi connectivity index (χ1n) is 5.90. The molecular formula is C14H11ClFNO3S. The van der Waals surface area contributed by atoms with Crippen LogP contribution in [-0.4, -0.2) is 14.2 Å². The van der Waals surface area contributed by atoms with Gasteiger partial charge in [-0.3, -0.25) is 9.52 Å². The largest absolute Gasteiger partial charge is 0.294 e. The van der Waals surface area contributed by atoms with Crippen molar-refractivity contribution in [1.29, 1.82) is 0 Å². The predicted octanol–water partition coefficient (Wildman–Crippen LogP) is 3.48. The lowest BCUT2D eigenvalue weighted by Gasteiger charge is -2.11. The van der Waals surface area contributed by atoms with Gasteiger partial charge in [0.1, 0.15) is 4.90 Å². The third-order valence-corrected chi connectivity index (χ3v) is 4.43. The fraction of sp³-hybridized carbons (Fsp3) is 0.0714. The van der Waals surface area contributed by atoms with Crippen molar-refractivity contribution in [3.05, 3.63) is 58.9 Å². The molecule has 2 rings (SSSR count). The van der Waals surface area contributed by atoms with Crippen LogP contribution in [0.4, 0.5) is 10.1 Å². The SMILES string of the molecule is CC(=O)c1ccccc1NS(=O)(=O)c1cccc(Cl)c1F. The number of carbonyl (C=O) groups is 1. The molecule has 1 N–H and O–H groups in total. The summed E-state index contributed by atoms with van der Waals surface area (Å²) in [6.45, 7) is 1.31. The van der Waals surface area contributed by atoms with Crippen LogP contribution in [0.2, 0.25) is 5.02 Å². The Morgan fingerprint density at radius 2 is 1.81 bits per heavy atom. The van der Waals surface area contributed by atoms with Gasteiger partial charge in [-0.15, -0.1) is 0 Å². The van der Waals surface area contributed by atoms with Crippen LogP contribution >= 0.6 is 11.6 Å². The second-order valence-electron chi connectivity index (χ2n) is 4.26. The maximum Gasteiger partial charge on any atom is 0.264 e. The van der Waals surface area contributed by atoms with Gasteiger partial charge in [0, 0.05) is 5.56 Å². The highest BCUT2D eigenvalue weighted by Crippen LogP contribution is 2.25. The van der Waals surface area contributed by atoms with Crippen molar-refractivity contribution >= 4 is 33.1 Å². The smallest absolute Gasteiger partial charge is 0.264 e. The molecule has 0 amide bonds. The Bertz CT molecular complexity index is 806. The van der Waals surface area contributed by atoms with E-state index in [0.29, 0.717) is 0 Å². The Morgan fingerprint density at radius 1 is 1.14 bits per heavy atom. The molecule has 0 saturated heterocycles. The molecular weight excluding hydrogens is 317 g/mol. The fourth-order valence-corrected chi connectivity index (χ4v) is 3.18. The molecule has 0 aliphatic rings. The number of para-hydroxylation sites is 1. The van der Waals surface area contributed by atoms with Crippen molar-refractivity contribution in [2.75, 3.05) is 4.72 Å². The summed E-state index contributed by atoms with van der Waals surface area (Å²) in [6.07, 6.45) is 0. The minimum absolute atomic E-state index is 0.0874. The highest BCUT2D eigenvalue weighted by Gasteiger charge is 2.22. The Balaban J connectivity index is 2.48. The molecule has 0 saturated carbocycles. The fourth-order valence-electron chi connectivity index (χ4n) is 1.77. The van der Waals surface area contributed by atoms with Crippen LogP contribution in [0.15, 0.2) is 47.4 Å². The molecule has 110 valence electrons. The molecule has 2 aromatic rings. The molecule has 0 bridgehead atoms. The lowest BCUT2D eigenvalue weighted by molar-refractivity contribution is 0.101. The number of anilines is 1. The maximum absolute atomic E-state index is 13.8. The summed E-state index contributed by atoms with van der Waals surface area (Å²) >= 11 is 5.58. The first-order valence-corrected chi connectivity index (χ1v) is 7.76. The second-order valence-corrected chi connectivity index (χ2v) is 6.32. The zero-order valence-corrected chi connectivity index (χ0v) is 12.5. The monoisotopic (exact) mass is 327 g/mol. The summed E-state index contributed by atoms with van der Waals surface area (Å²) in [6, 6.07) is 9.76. The number of rotatable bonds is 4. The van der Waals surface area contributed by atoms with Gasteiger partial charge in [-0.25, -0.2) is 12.8 Å². The Morgan fingerprint density at radius 3 is 2.48 bits per heavy atom. The number of sulfonamides is 1. The van der Waals surface area contributed by atoms with Crippen LogP contribution in [-0.2, 0) is 10.0 Å². The molecule has 0 aliphatic carbocycles. The number of Topliss-reactive ketones (excluding diaryl/α,β-unsaturated/α-hetero) is 1. The molecule has 21 heavy (non-hydrogen) atoms. The van der Waals surface area contributed by atoms with Crippen molar-refractivity contribution < 1.29 is 17.6 Å². The van der Waals surface area contributed by atoms with E-state index in [0.717, 1.165) is 6.07 Å². The lowest BCUT2D eigenvalue weighted by atomic mass is 10.1. The molecule has 4 nitrogen and oxygen atoms in total. The van der Waals surface area contributed by atoms with Gasteiger partial charge < -0.3 is 0 Å². The number of halogens is 2. The minimum atomic E-state index is -4.18. The van der Waals surface area contributed by atoms with E-state index in [-0.39, 0.29) is 22.1 Å². The van der Waals surface area contributed by atoms with Gasteiger partial charge in [0.15, 0.2) is 11.6 Å². The van der Waals surface area contributed by atoms with Gasteiger partial charge in [0.2, 0.25) is 0 Å². The van der Waals surface area contributed by atoms with Crippen LogP contribution in [0.1, 0.15) is 17.3 Å². The molecule has 0 unspecified atom stereocenters. The number of benzene rings is 2. The number of nitrogens with one attached hydrogen (secondary N) is 1. The summed E-state index contributed by atoms with van der Waals surface area (Å²) in [4.78, 5) is 10.9. The second kappa shape index (κ2) is 5.83. The molecule has 0 radical (unpaired) electrons. The first kappa shape index (κ1) is 15.5. The Hall–Kier alpha value is -1.92. The molecule has 2 aromatic carbocycles. The average molecular weight is 328 g/mol. The zero-order chi connectivity index (χ0) is 15.6. The summed E-state index contributed by atoms with van der Waals surface area (Å²) in [5.41, 5.74) is 0.285. The van der Waals surface area contributed by atoms with Gasteiger partial charge in [-0.2, -0.15) is 0 Å². The van der Waals surface area contributed by atoms with Crippen LogP contribution in [0.25, 0.3) is 0 Å². The minimum Gasteiger partial charge on any atom is -0.294 e. The van der Waals surface area contributed by atoms with Gasteiger partial charge in [0.05, 0.1) is 10.7 Å². The Labute approximate surface area is 126 Å². The van der Waals surface area contributed by atoms with Crippen LogP contribution in [0.5, 0.6) is 0 Å². The van der Waals surface area contributed by atoms with E-state index in [4.69, 9.17) is 11.6 Å². The van der Waals surface area contributed by atoms with Crippen molar-refractivity contribution in [2.45, 2.75) is 11.8 Å². The zero-order valence-electron chi connectivity index (χ0n) is 10.9. The third-order valence-electron chi connectivity index (χ3n) is 2.76. The molecule has 0 spiro atoms. The van der Waals surface area contributed by atoms with Crippen molar-refractivity contribution in [1.82, 2.24) is 0 Å². The van der Waals surface area contributed by atoms with Gasteiger partial charge in [-0.05, 0) is 31.2 Å². The van der Waals surface area contributed by atoms with Gasteiger partial charge >= 0.3 is 0 Å². The predicted molar refractivity (Wildman–Crippen MR) is 78.7 cm³/mol. The number of hydrogen-bond donors (Lipinski definition) is 1.